The fourth-order valence-corrected chi connectivity index (χ4v) is 3.15. The molecule has 2 heterocycles. The third-order valence-corrected chi connectivity index (χ3v) is 4.86. The molecule has 146 valence electrons. The second-order valence-corrected chi connectivity index (χ2v) is 6.88. The van der Waals surface area contributed by atoms with Crippen LogP contribution in [0.15, 0.2) is 37.4 Å². The van der Waals surface area contributed by atoms with Crippen LogP contribution in [0.1, 0.15) is 58.5 Å². The summed E-state index contributed by atoms with van der Waals surface area (Å²) in [5.41, 5.74) is 0. The maximum atomic E-state index is 5.86. The Morgan fingerprint density at radius 2 is 1.69 bits per heavy atom. The number of hydrogen-bond donors (Lipinski definition) is 1. The van der Waals surface area contributed by atoms with Gasteiger partial charge in [-0.05, 0) is 38.3 Å². The molecule has 0 aromatic carbocycles. The highest BCUT2D eigenvalue weighted by atomic mass is 16.5. The summed E-state index contributed by atoms with van der Waals surface area (Å²) in [6.45, 7) is 8.23. The van der Waals surface area contributed by atoms with E-state index in [0.29, 0.717) is 0 Å². The third kappa shape index (κ3) is 7.30. The lowest BCUT2D eigenvalue weighted by Gasteiger charge is -2.20. The summed E-state index contributed by atoms with van der Waals surface area (Å²) >= 11 is 0. The average molecular weight is 362 g/mol. The fraction of sp³-hybridized carbons (Fsp3) is 0.700. The number of nitrogens with zero attached hydrogens (tertiary/aromatic N) is 4. The minimum absolute atomic E-state index is 0.215. The van der Waals surface area contributed by atoms with Crippen LogP contribution >= 0.6 is 0 Å². The van der Waals surface area contributed by atoms with E-state index in [2.05, 4.69) is 38.3 Å². The standard InChI is InChI=1S/C20H35N5O/c1-3-5-7-19(4-2)16-26-15-6-9-21-10-8-20(24-13-11-22-17-24)25-14-12-23-18-25/h11-14,17-21H,3-10,15-16H2,1-2H3. The number of imidazole rings is 2. The van der Waals surface area contributed by atoms with Crippen molar-refractivity contribution >= 4 is 0 Å². The summed E-state index contributed by atoms with van der Waals surface area (Å²) in [5, 5.41) is 3.53. The van der Waals surface area contributed by atoms with E-state index in [1.807, 2.05) is 37.4 Å². The molecule has 0 fully saturated rings. The van der Waals surface area contributed by atoms with Crippen LogP contribution in [-0.2, 0) is 4.74 Å². The van der Waals surface area contributed by atoms with Crippen LogP contribution in [0, 0.1) is 5.92 Å². The quantitative estimate of drug-likeness (QED) is 0.491. The Bertz CT molecular complexity index is 506. The summed E-state index contributed by atoms with van der Waals surface area (Å²) in [6, 6.07) is 0. The van der Waals surface area contributed by atoms with Crippen molar-refractivity contribution in [1.29, 1.82) is 0 Å². The third-order valence-electron chi connectivity index (χ3n) is 4.86. The number of aromatic nitrogens is 4. The summed E-state index contributed by atoms with van der Waals surface area (Å²) in [6.07, 6.45) is 18.7. The first kappa shape index (κ1) is 20.6. The maximum Gasteiger partial charge on any atom is 0.113 e. The maximum absolute atomic E-state index is 5.86. The molecule has 26 heavy (non-hydrogen) atoms. The van der Waals surface area contributed by atoms with E-state index in [9.17, 15) is 0 Å². The van der Waals surface area contributed by atoms with Gasteiger partial charge in [0.05, 0.1) is 12.7 Å². The zero-order valence-electron chi connectivity index (χ0n) is 16.4. The lowest BCUT2D eigenvalue weighted by molar-refractivity contribution is 0.0921. The van der Waals surface area contributed by atoms with Gasteiger partial charge in [0.15, 0.2) is 0 Å². The molecule has 0 saturated carbocycles. The minimum atomic E-state index is 0.215. The lowest BCUT2D eigenvalue weighted by Crippen LogP contribution is -2.24. The molecular weight excluding hydrogens is 326 g/mol. The van der Waals surface area contributed by atoms with Crippen LogP contribution in [0.4, 0.5) is 0 Å². The molecule has 6 heteroatoms. The van der Waals surface area contributed by atoms with E-state index < -0.39 is 0 Å². The van der Waals surface area contributed by atoms with Crippen molar-refractivity contribution in [1.82, 2.24) is 24.4 Å². The molecule has 1 unspecified atom stereocenters. The van der Waals surface area contributed by atoms with Gasteiger partial charge >= 0.3 is 0 Å². The highest BCUT2D eigenvalue weighted by Crippen LogP contribution is 2.14. The number of unbranched alkanes of at least 4 members (excludes halogenated alkanes) is 1. The molecule has 0 saturated heterocycles. The Kier molecular flexibility index (Phi) is 10.1. The second-order valence-electron chi connectivity index (χ2n) is 6.88. The van der Waals surface area contributed by atoms with Gasteiger partial charge in [-0.15, -0.1) is 0 Å². The van der Waals surface area contributed by atoms with Gasteiger partial charge in [0.25, 0.3) is 0 Å². The summed E-state index contributed by atoms with van der Waals surface area (Å²) < 4.78 is 10.1. The van der Waals surface area contributed by atoms with Crippen molar-refractivity contribution in [3.63, 3.8) is 0 Å². The van der Waals surface area contributed by atoms with E-state index in [1.54, 1.807) is 0 Å². The predicted octanol–water partition coefficient (Wildman–Crippen LogP) is 3.73. The largest absolute Gasteiger partial charge is 0.381 e. The van der Waals surface area contributed by atoms with Gasteiger partial charge in [-0.3, -0.25) is 0 Å². The van der Waals surface area contributed by atoms with E-state index in [0.717, 1.165) is 45.1 Å². The summed E-state index contributed by atoms with van der Waals surface area (Å²) in [5.74, 6) is 0.731. The highest BCUT2D eigenvalue weighted by molar-refractivity contribution is 4.86. The monoisotopic (exact) mass is 361 g/mol. The summed E-state index contributed by atoms with van der Waals surface area (Å²) in [4.78, 5) is 8.33. The molecule has 0 spiro atoms. The lowest BCUT2D eigenvalue weighted by atomic mass is 10.0. The molecule has 0 aliphatic carbocycles. The smallest absolute Gasteiger partial charge is 0.113 e. The first-order valence-corrected chi connectivity index (χ1v) is 10.1. The van der Waals surface area contributed by atoms with Crippen LogP contribution < -0.4 is 5.32 Å². The van der Waals surface area contributed by atoms with Gasteiger partial charge in [0, 0.05) is 38.0 Å². The van der Waals surface area contributed by atoms with Crippen molar-refractivity contribution in [2.24, 2.45) is 5.92 Å². The van der Waals surface area contributed by atoms with Gasteiger partial charge < -0.3 is 19.2 Å². The van der Waals surface area contributed by atoms with Crippen molar-refractivity contribution in [2.45, 2.75) is 58.5 Å². The predicted molar refractivity (Wildman–Crippen MR) is 105 cm³/mol. The molecule has 1 atom stereocenters. The van der Waals surface area contributed by atoms with Crippen LogP contribution in [0.3, 0.4) is 0 Å². The Balaban J connectivity index is 1.57. The Labute approximate surface area is 158 Å². The molecule has 0 aliphatic heterocycles. The molecule has 0 bridgehead atoms. The first-order valence-electron chi connectivity index (χ1n) is 10.1. The van der Waals surface area contributed by atoms with Crippen molar-refractivity contribution in [3.05, 3.63) is 37.4 Å². The molecular formula is C20H35N5O. The second kappa shape index (κ2) is 12.7. The van der Waals surface area contributed by atoms with Crippen LogP contribution in [0.25, 0.3) is 0 Å². The molecule has 2 aromatic heterocycles. The van der Waals surface area contributed by atoms with Crippen molar-refractivity contribution in [3.8, 4) is 0 Å². The molecule has 2 rings (SSSR count). The number of nitrogens with one attached hydrogen (secondary N) is 1. The summed E-state index contributed by atoms with van der Waals surface area (Å²) in [7, 11) is 0. The normalized spacial score (nSPS) is 12.7. The van der Waals surface area contributed by atoms with Gasteiger partial charge in [0.1, 0.15) is 6.17 Å². The molecule has 1 N–H and O–H groups in total. The van der Waals surface area contributed by atoms with Crippen molar-refractivity contribution < 1.29 is 4.74 Å². The fourth-order valence-electron chi connectivity index (χ4n) is 3.15. The number of ether oxygens (including phenoxy) is 1. The topological polar surface area (TPSA) is 56.9 Å². The van der Waals surface area contributed by atoms with E-state index >= 15 is 0 Å². The van der Waals surface area contributed by atoms with Crippen LogP contribution in [0.5, 0.6) is 0 Å². The molecule has 0 radical (unpaired) electrons. The van der Waals surface area contributed by atoms with Gasteiger partial charge in [-0.2, -0.15) is 0 Å². The SMILES string of the molecule is CCCCC(CC)COCCCNCCC(n1ccnc1)n1ccnc1. The number of rotatable bonds is 15. The van der Waals surface area contributed by atoms with Crippen molar-refractivity contribution in [2.75, 3.05) is 26.3 Å². The molecule has 0 aliphatic rings. The first-order chi connectivity index (χ1) is 12.8. The van der Waals surface area contributed by atoms with Crippen LogP contribution in [0.2, 0.25) is 0 Å². The Hall–Kier alpha value is -1.66. The zero-order valence-corrected chi connectivity index (χ0v) is 16.4. The molecule has 6 nitrogen and oxygen atoms in total. The van der Waals surface area contributed by atoms with E-state index in [-0.39, 0.29) is 6.17 Å². The Morgan fingerprint density at radius 1 is 0.962 bits per heavy atom. The minimum Gasteiger partial charge on any atom is -0.381 e. The molecule has 0 amide bonds. The Morgan fingerprint density at radius 3 is 2.27 bits per heavy atom. The van der Waals surface area contributed by atoms with Gasteiger partial charge in [0.2, 0.25) is 0 Å². The molecule has 2 aromatic rings. The highest BCUT2D eigenvalue weighted by Gasteiger charge is 2.11. The van der Waals surface area contributed by atoms with E-state index in [4.69, 9.17) is 4.74 Å². The van der Waals surface area contributed by atoms with E-state index in [1.165, 1.54) is 25.7 Å². The van der Waals surface area contributed by atoms with Gasteiger partial charge in [-0.1, -0.05) is 33.1 Å². The van der Waals surface area contributed by atoms with Gasteiger partial charge in [-0.25, -0.2) is 9.97 Å². The van der Waals surface area contributed by atoms with Crippen LogP contribution in [-0.4, -0.2) is 45.4 Å². The zero-order chi connectivity index (χ0) is 18.5. The number of hydrogen-bond acceptors (Lipinski definition) is 4. The average Bonchev–Trinajstić information content (AvgIpc) is 3.37.